The standard InChI is InChI=1S/C27H27N3O4S/c1-3-34-22-14-10-20(11-15-22)30-26(32)23-6-4-5-7-24(23)29-27(30)35-18-25(31)28-17-16-19-8-12-21(33-2)13-9-19/h4-15H,3,16-18H2,1-2H3,(H,28,31). The predicted molar refractivity (Wildman–Crippen MR) is 139 cm³/mol. The van der Waals surface area contributed by atoms with E-state index < -0.39 is 0 Å². The highest BCUT2D eigenvalue weighted by molar-refractivity contribution is 7.99. The first-order valence-electron chi connectivity index (χ1n) is 11.4. The number of ether oxygens (including phenoxy) is 2. The topological polar surface area (TPSA) is 82.4 Å². The molecule has 0 aliphatic rings. The van der Waals surface area contributed by atoms with Gasteiger partial charge < -0.3 is 14.8 Å². The van der Waals surface area contributed by atoms with Gasteiger partial charge in [-0.2, -0.15) is 0 Å². The van der Waals surface area contributed by atoms with Crippen LogP contribution in [0.3, 0.4) is 0 Å². The molecule has 1 amide bonds. The molecule has 0 fully saturated rings. The first kappa shape index (κ1) is 24.3. The lowest BCUT2D eigenvalue weighted by Gasteiger charge is -2.14. The van der Waals surface area contributed by atoms with E-state index in [4.69, 9.17) is 14.5 Å². The van der Waals surface area contributed by atoms with Gasteiger partial charge in [0, 0.05) is 6.54 Å². The van der Waals surface area contributed by atoms with Gasteiger partial charge in [-0.15, -0.1) is 0 Å². The molecule has 0 aliphatic carbocycles. The van der Waals surface area contributed by atoms with Crippen LogP contribution < -0.4 is 20.3 Å². The van der Waals surface area contributed by atoms with E-state index in [-0.39, 0.29) is 17.2 Å². The molecule has 0 aliphatic heterocycles. The third-order valence-electron chi connectivity index (χ3n) is 5.38. The Bertz CT molecular complexity index is 1350. The van der Waals surface area contributed by atoms with Gasteiger partial charge in [0.15, 0.2) is 5.16 Å². The van der Waals surface area contributed by atoms with Crippen molar-refractivity contribution in [2.24, 2.45) is 0 Å². The quantitative estimate of drug-likeness (QED) is 0.265. The van der Waals surface area contributed by atoms with E-state index in [1.165, 1.54) is 11.8 Å². The molecule has 35 heavy (non-hydrogen) atoms. The van der Waals surface area contributed by atoms with Crippen molar-refractivity contribution in [3.63, 3.8) is 0 Å². The Morgan fingerprint density at radius 2 is 1.71 bits per heavy atom. The molecule has 1 aromatic heterocycles. The van der Waals surface area contributed by atoms with Crippen LogP contribution in [0.25, 0.3) is 16.6 Å². The summed E-state index contributed by atoms with van der Waals surface area (Å²) >= 11 is 1.24. The lowest BCUT2D eigenvalue weighted by Crippen LogP contribution is -2.28. The molecule has 8 heteroatoms. The van der Waals surface area contributed by atoms with E-state index in [0.29, 0.717) is 41.3 Å². The highest BCUT2D eigenvalue weighted by Gasteiger charge is 2.15. The van der Waals surface area contributed by atoms with Gasteiger partial charge in [0.25, 0.3) is 5.56 Å². The van der Waals surface area contributed by atoms with E-state index in [9.17, 15) is 9.59 Å². The number of nitrogens with zero attached hydrogens (tertiary/aromatic N) is 2. The van der Waals surface area contributed by atoms with Crippen molar-refractivity contribution in [3.8, 4) is 17.2 Å². The monoisotopic (exact) mass is 489 g/mol. The second-order valence-electron chi connectivity index (χ2n) is 7.72. The van der Waals surface area contributed by atoms with E-state index in [0.717, 1.165) is 17.1 Å². The van der Waals surface area contributed by atoms with Crippen LogP contribution >= 0.6 is 11.8 Å². The first-order valence-corrected chi connectivity index (χ1v) is 12.3. The first-order chi connectivity index (χ1) is 17.1. The molecule has 0 unspecified atom stereocenters. The van der Waals surface area contributed by atoms with Crippen LogP contribution in [0.4, 0.5) is 0 Å². The molecular formula is C27H27N3O4S. The maximum Gasteiger partial charge on any atom is 0.266 e. The number of amides is 1. The number of hydrogen-bond donors (Lipinski definition) is 1. The average molecular weight is 490 g/mol. The SMILES string of the molecule is CCOc1ccc(-n2c(SCC(=O)NCCc3ccc(OC)cc3)nc3ccccc3c2=O)cc1. The third-order valence-corrected chi connectivity index (χ3v) is 6.32. The molecular weight excluding hydrogens is 462 g/mol. The van der Waals surface area contributed by atoms with Crippen LogP contribution in [0.1, 0.15) is 12.5 Å². The number of nitrogens with one attached hydrogen (secondary N) is 1. The number of methoxy groups -OCH3 is 1. The smallest absolute Gasteiger partial charge is 0.266 e. The van der Waals surface area contributed by atoms with E-state index >= 15 is 0 Å². The molecule has 180 valence electrons. The largest absolute Gasteiger partial charge is 0.497 e. The minimum atomic E-state index is -0.179. The van der Waals surface area contributed by atoms with Gasteiger partial charge >= 0.3 is 0 Å². The van der Waals surface area contributed by atoms with E-state index in [2.05, 4.69) is 5.32 Å². The van der Waals surface area contributed by atoms with Crippen molar-refractivity contribution in [2.45, 2.75) is 18.5 Å². The normalized spacial score (nSPS) is 10.8. The Balaban J connectivity index is 1.48. The number of para-hydroxylation sites is 1. The van der Waals surface area contributed by atoms with Crippen LogP contribution in [-0.4, -0.2) is 41.5 Å². The average Bonchev–Trinajstić information content (AvgIpc) is 2.89. The van der Waals surface area contributed by atoms with Gasteiger partial charge in [-0.3, -0.25) is 14.2 Å². The summed E-state index contributed by atoms with van der Waals surface area (Å²) in [5, 5.41) is 3.92. The van der Waals surface area contributed by atoms with Crippen molar-refractivity contribution in [2.75, 3.05) is 26.0 Å². The maximum atomic E-state index is 13.3. The second-order valence-corrected chi connectivity index (χ2v) is 8.66. The molecule has 0 bridgehead atoms. The van der Waals surface area contributed by atoms with Crippen molar-refractivity contribution in [1.29, 1.82) is 0 Å². The summed E-state index contributed by atoms with van der Waals surface area (Å²) < 4.78 is 12.2. The van der Waals surface area contributed by atoms with Crippen LogP contribution in [0.15, 0.2) is 82.7 Å². The minimum absolute atomic E-state index is 0.121. The lowest BCUT2D eigenvalue weighted by molar-refractivity contribution is -0.118. The molecule has 1 heterocycles. The maximum absolute atomic E-state index is 13.3. The van der Waals surface area contributed by atoms with Crippen molar-refractivity contribution in [3.05, 3.63) is 88.7 Å². The molecule has 4 aromatic rings. The fraction of sp³-hybridized carbons (Fsp3) is 0.222. The minimum Gasteiger partial charge on any atom is -0.497 e. The third kappa shape index (κ3) is 6.02. The Morgan fingerprint density at radius 3 is 2.43 bits per heavy atom. The Labute approximate surface area is 208 Å². The summed E-state index contributed by atoms with van der Waals surface area (Å²) in [7, 11) is 1.63. The molecule has 0 atom stereocenters. The number of carbonyl (C=O) groups excluding carboxylic acids is 1. The molecule has 0 spiro atoms. The number of carbonyl (C=O) groups is 1. The van der Waals surface area contributed by atoms with Crippen LogP contribution in [0.5, 0.6) is 11.5 Å². The van der Waals surface area contributed by atoms with Gasteiger partial charge in [-0.25, -0.2) is 4.98 Å². The lowest BCUT2D eigenvalue weighted by atomic mass is 10.1. The van der Waals surface area contributed by atoms with Crippen molar-refractivity contribution < 1.29 is 14.3 Å². The zero-order valence-corrected chi connectivity index (χ0v) is 20.5. The Kier molecular flexibility index (Phi) is 8.05. The number of aromatic nitrogens is 2. The highest BCUT2D eigenvalue weighted by atomic mass is 32.2. The summed E-state index contributed by atoms with van der Waals surface area (Å²) in [5.41, 5.74) is 2.20. The molecule has 0 saturated carbocycles. The summed E-state index contributed by atoms with van der Waals surface area (Å²) in [6, 6.07) is 22.3. The highest BCUT2D eigenvalue weighted by Crippen LogP contribution is 2.23. The summed E-state index contributed by atoms with van der Waals surface area (Å²) in [6.07, 6.45) is 0.714. The fourth-order valence-electron chi connectivity index (χ4n) is 3.61. The number of benzene rings is 3. The zero-order valence-electron chi connectivity index (χ0n) is 19.7. The van der Waals surface area contributed by atoms with Crippen molar-refractivity contribution >= 4 is 28.6 Å². The van der Waals surface area contributed by atoms with Crippen LogP contribution in [-0.2, 0) is 11.2 Å². The Hall–Kier alpha value is -3.78. The number of rotatable bonds is 10. The number of fused-ring (bicyclic) bond motifs is 1. The zero-order chi connectivity index (χ0) is 24.6. The van der Waals surface area contributed by atoms with Crippen LogP contribution in [0, 0.1) is 0 Å². The summed E-state index contributed by atoms with van der Waals surface area (Å²) in [6.45, 7) is 3.00. The van der Waals surface area contributed by atoms with Gasteiger partial charge in [0.2, 0.25) is 5.91 Å². The van der Waals surface area contributed by atoms with E-state index in [1.54, 1.807) is 23.8 Å². The fourth-order valence-corrected chi connectivity index (χ4v) is 4.46. The van der Waals surface area contributed by atoms with Gasteiger partial charge in [0.1, 0.15) is 11.5 Å². The Morgan fingerprint density at radius 1 is 1.00 bits per heavy atom. The predicted octanol–water partition coefficient (Wildman–Crippen LogP) is 4.24. The van der Waals surface area contributed by atoms with Crippen LogP contribution in [0.2, 0.25) is 0 Å². The summed E-state index contributed by atoms with van der Waals surface area (Å²) in [4.78, 5) is 30.6. The second kappa shape index (κ2) is 11.6. The van der Waals surface area contributed by atoms with Crippen molar-refractivity contribution in [1.82, 2.24) is 14.9 Å². The molecule has 0 radical (unpaired) electrons. The molecule has 0 saturated heterocycles. The van der Waals surface area contributed by atoms with Gasteiger partial charge in [-0.05, 0) is 67.4 Å². The molecule has 7 nitrogen and oxygen atoms in total. The molecule has 3 aromatic carbocycles. The summed E-state index contributed by atoms with van der Waals surface area (Å²) in [5.74, 6) is 1.55. The molecule has 1 N–H and O–H groups in total. The van der Waals surface area contributed by atoms with E-state index in [1.807, 2.05) is 67.6 Å². The van der Waals surface area contributed by atoms with Gasteiger partial charge in [0.05, 0.1) is 36.1 Å². The number of thioether (sulfide) groups is 1. The number of hydrogen-bond acceptors (Lipinski definition) is 6. The molecule has 4 rings (SSSR count). The van der Waals surface area contributed by atoms with Gasteiger partial charge in [-0.1, -0.05) is 36.0 Å².